The Morgan fingerprint density at radius 2 is 2.19 bits per heavy atom. The molecule has 0 bridgehead atoms. The number of alkyl halides is 3. The summed E-state index contributed by atoms with van der Waals surface area (Å²) >= 11 is 2.58. The van der Waals surface area contributed by atoms with Crippen molar-refractivity contribution in [1.29, 1.82) is 0 Å². The molecule has 0 aliphatic rings. The first-order valence-corrected chi connectivity index (χ1v) is 7.58. The van der Waals surface area contributed by atoms with Gasteiger partial charge in [-0.3, -0.25) is 0 Å². The smallest absolute Gasteiger partial charge is 0.382 e. The van der Waals surface area contributed by atoms with Gasteiger partial charge in [-0.15, -0.1) is 11.3 Å². The molecule has 0 radical (unpaired) electrons. The maximum absolute atomic E-state index is 11.9. The number of nitrogens with one attached hydrogen (secondary N) is 1. The highest BCUT2D eigenvalue weighted by atomic mass is 32.1. The van der Waals surface area contributed by atoms with Gasteiger partial charge in [-0.2, -0.15) is 17.5 Å². The Hall–Kier alpha value is -1.39. The van der Waals surface area contributed by atoms with Crippen LogP contribution in [0, 0.1) is 6.92 Å². The fraction of sp³-hybridized carbons (Fsp3) is 0.455. The van der Waals surface area contributed by atoms with Crippen LogP contribution in [0.2, 0.25) is 0 Å². The number of thiazole rings is 1. The summed E-state index contributed by atoms with van der Waals surface area (Å²) in [5.41, 5.74) is 7.38. The molecule has 2 aromatic heterocycles. The number of ether oxygens (including phenoxy) is 1. The average molecular weight is 338 g/mol. The molecule has 0 saturated heterocycles. The van der Waals surface area contributed by atoms with Gasteiger partial charge in [0.2, 0.25) is 0 Å². The molecule has 0 atom stereocenters. The molecular weight excluding hydrogens is 325 g/mol. The molecule has 0 aliphatic carbocycles. The second-order valence-electron chi connectivity index (χ2n) is 4.16. The van der Waals surface area contributed by atoms with Gasteiger partial charge in [0.15, 0.2) is 0 Å². The number of hydrogen-bond acceptors (Lipinski definition) is 7. The van der Waals surface area contributed by atoms with Crippen molar-refractivity contribution in [3.8, 4) is 10.6 Å². The van der Waals surface area contributed by atoms with E-state index in [1.54, 1.807) is 0 Å². The fourth-order valence-electron chi connectivity index (χ4n) is 1.52. The van der Waals surface area contributed by atoms with E-state index < -0.39 is 12.8 Å². The lowest BCUT2D eigenvalue weighted by Gasteiger charge is -2.08. The van der Waals surface area contributed by atoms with Crippen molar-refractivity contribution in [2.45, 2.75) is 13.1 Å². The van der Waals surface area contributed by atoms with E-state index in [0.717, 1.165) is 22.2 Å². The lowest BCUT2D eigenvalue weighted by molar-refractivity contribution is -0.172. The van der Waals surface area contributed by atoms with Crippen LogP contribution in [0.4, 0.5) is 24.0 Å². The van der Waals surface area contributed by atoms with Crippen molar-refractivity contribution in [3.63, 3.8) is 0 Å². The predicted molar refractivity (Wildman–Crippen MR) is 77.7 cm³/mol. The number of nitrogens with two attached hydrogens (primary N) is 1. The van der Waals surface area contributed by atoms with Crippen LogP contribution < -0.4 is 11.1 Å². The number of nitrogens with zero attached hydrogens (tertiary/aromatic N) is 2. The average Bonchev–Trinajstić information content (AvgIpc) is 2.94. The first kappa shape index (κ1) is 16.0. The lowest BCUT2D eigenvalue weighted by Crippen LogP contribution is -2.20. The van der Waals surface area contributed by atoms with E-state index in [0.29, 0.717) is 16.4 Å². The summed E-state index contributed by atoms with van der Waals surface area (Å²) < 4.78 is 44.3. The zero-order chi connectivity index (χ0) is 15.5. The lowest BCUT2D eigenvalue weighted by atomic mass is 10.3. The van der Waals surface area contributed by atoms with E-state index in [9.17, 15) is 13.2 Å². The van der Waals surface area contributed by atoms with Crippen molar-refractivity contribution in [2.24, 2.45) is 0 Å². The van der Waals surface area contributed by atoms with Crippen molar-refractivity contribution < 1.29 is 17.9 Å². The van der Waals surface area contributed by atoms with Gasteiger partial charge in [-0.1, -0.05) is 0 Å². The summed E-state index contributed by atoms with van der Waals surface area (Å²) in [6, 6.07) is 0. The molecule has 2 aromatic rings. The standard InChI is InChI=1S/C11H13F3N4OS2/c1-6-4-20-10(17-6)7-8(15)18-21-9(7)16-2-3-19-5-11(12,13)14/h4,16H,2-3,5H2,1H3,(H2,15,18). The van der Waals surface area contributed by atoms with E-state index in [4.69, 9.17) is 5.73 Å². The number of rotatable bonds is 6. The van der Waals surface area contributed by atoms with Gasteiger partial charge >= 0.3 is 6.18 Å². The number of hydrogen-bond donors (Lipinski definition) is 2. The van der Waals surface area contributed by atoms with Crippen molar-refractivity contribution in [3.05, 3.63) is 11.1 Å². The Bertz CT molecular complexity index is 597. The second-order valence-corrected chi connectivity index (χ2v) is 5.79. The quantitative estimate of drug-likeness (QED) is 0.792. The van der Waals surface area contributed by atoms with E-state index in [-0.39, 0.29) is 13.2 Å². The highest BCUT2D eigenvalue weighted by molar-refractivity contribution is 7.15. The molecule has 0 aliphatic heterocycles. The molecule has 21 heavy (non-hydrogen) atoms. The number of anilines is 2. The number of aryl methyl sites for hydroxylation is 1. The molecule has 0 saturated carbocycles. The van der Waals surface area contributed by atoms with Gasteiger partial charge in [0.05, 0.1) is 12.2 Å². The maximum atomic E-state index is 11.9. The Kier molecular flexibility index (Phi) is 5.01. The van der Waals surface area contributed by atoms with Crippen LogP contribution in [0.5, 0.6) is 0 Å². The van der Waals surface area contributed by atoms with Crippen LogP contribution >= 0.6 is 22.9 Å². The Balaban J connectivity index is 1.93. The molecule has 2 heterocycles. The molecule has 116 valence electrons. The summed E-state index contributed by atoms with van der Waals surface area (Å²) in [4.78, 5) is 4.34. The summed E-state index contributed by atoms with van der Waals surface area (Å²) in [5, 5.41) is 6.28. The topological polar surface area (TPSA) is 73.1 Å². The van der Waals surface area contributed by atoms with Crippen LogP contribution in [-0.4, -0.2) is 35.3 Å². The van der Waals surface area contributed by atoms with Gasteiger partial charge < -0.3 is 15.8 Å². The van der Waals surface area contributed by atoms with Crippen LogP contribution in [0.1, 0.15) is 5.69 Å². The first-order valence-electron chi connectivity index (χ1n) is 5.93. The fourth-order valence-corrected chi connectivity index (χ4v) is 3.18. The summed E-state index contributed by atoms with van der Waals surface area (Å²) in [7, 11) is 0. The van der Waals surface area contributed by atoms with E-state index in [1.807, 2.05) is 12.3 Å². The van der Waals surface area contributed by atoms with Crippen LogP contribution in [-0.2, 0) is 4.74 Å². The van der Waals surface area contributed by atoms with Gasteiger partial charge in [-0.05, 0) is 18.5 Å². The van der Waals surface area contributed by atoms with Gasteiger partial charge in [0.1, 0.15) is 22.4 Å². The molecule has 2 rings (SSSR count). The van der Waals surface area contributed by atoms with Crippen LogP contribution in [0.25, 0.3) is 10.6 Å². The normalized spacial score (nSPS) is 11.8. The molecule has 0 aromatic carbocycles. The third kappa shape index (κ3) is 4.55. The molecule has 10 heteroatoms. The predicted octanol–water partition coefficient (Wildman–Crippen LogP) is 3.15. The molecule has 0 unspecified atom stereocenters. The van der Waals surface area contributed by atoms with E-state index in [1.165, 1.54) is 11.3 Å². The zero-order valence-electron chi connectivity index (χ0n) is 11.0. The maximum Gasteiger partial charge on any atom is 0.411 e. The van der Waals surface area contributed by atoms with Crippen molar-refractivity contribution in [2.75, 3.05) is 30.8 Å². The molecule has 0 amide bonds. The second kappa shape index (κ2) is 6.58. The Morgan fingerprint density at radius 3 is 2.81 bits per heavy atom. The minimum absolute atomic E-state index is 0.0619. The number of aromatic nitrogens is 2. The van der Waals surface area contributed by atoms with Gasteiger partial charge in [0.25, 0.3) is 0 Å². The highest BCUT2D eigenvalue weighted by Crippen LogP contribution is 2.38. The minimum atomic E-state index is -4.31. The third-order valence-electron chi connectivity index (χ3n) is 2.35. The summed E-state index contributed by atoms with van der Waals surface area (Å²) in [6.45, 7) is 0.787. The van der Waals surface area contributed by atoms with Crippen LogP contribution in [0.3, 0.4) is 0 Å². The summed E-state index contributed by atoms with van der Waals surface area (Å²) in [6.07, 6.45) is -4.31. The summed E-state index contributed by atoms with van der Waals surface area (Å²) in [5.74, 6) is 0.355. The largest absolute Gasteiger partial charge is 0.411 e. The van der Waals surface area contributed by atoms with Crippen molar-refractivity contribution >= 4 is 33.7 Å². The first-order chi connectivity index (χ1) is 9.87. The van der Waals surface area contributed by atoms with Gasteiger partial charge in [-0.25, -0.2) is 4.98 Å². The van der Waals surface area contributed by atoms with E-state index >= 15 is 0 Å². The van der Waals surface area contributed by atoms with Crippen LogP contribution in [0.15, 0.2) is 5.38 Å². The highest BCUT2D eigenvalue weighted by Gasteiger charge is 2.27. The monoisotopic (exact) mass is 338 g/mol. The SMILES string of the molecule is Cc1csc(-c2c(N)nsc2NCCOCC(F)(F)F)n1. The molecule has 0 spiro atoms. The Morgan fingerprint density at radius 1 is 1.43 bits per heavy atom. The third-order valence-corrected chi connectivity index (χ3v) is 4.15. The molecule has 5 nitrogen and oxygen atoms in total. The number of halogens is 3. The minimum Gasteiger partial charge on any atom is -0.382 e. The molecular formula is C11H13F3N4OS2. The molecule has 0 fully saturated rings. The van der Waals surface area contributed by atoms with Crippen molar-refractivity contribution in [1.82, 2.24) is 9.36 Å². The zero-order valence-corrected chi connectivity index (χ0v) is 12.7. The number of nitrogen functional groups attached to an aromatic ring is 1. The van der Waals surface area contributed by atoms with Gasteiger partial charge in [0, 0.05) is 17.6 Å². The van der Waals surface area contributed by atoms with E-state index in [2.05, 4.69) is 19.4 Å². The Labute approximate surface area is 127 Å². The molecule has 3 N–H and O–H groups in total.